The van der Waals surface area contributed by atoms with E-state index in [1.54, 1.807) is 17.6 Å². The van der Waals surface area contributed by atoms with Crippen molar-refractivity contribution in [2.24, 2.45) is 0 Å². The summed E-state index contributed by atoms with van der Waals surface area (Å²) >= 11 is 0. The number of aromatic nitrogens is 2. The van der Waals surface area contributed by atoms with Crippen molar-refractivity contribution < 1.29 is 19.0 Å². The van der Waals surface area contributed by atoms with E-state index in [-0.39, 0.29) is 41.4 Å². The molecule has 0 unspecified atom stereocenters. The lowest BCUT2D eigenvalue weighted by atomic mass is 9.79. The summed E-state index contributed by atoms with van der Waals surface area (Å²) in [4.78, 5) is 30.2. The van der Waals surface area contributed by atoms with Gasteiger partial charge in [0, 0.05) is 35.3 Å². The standard InChI is InChI=1S/C26H27FN2O4/c1-5-26(32,12-30)18-8-21-24-16(10-29(21)25(31)17(18)11-33-4)22-13(2)6-7-15-14(3)19(27)9-20(28-24)23(15)22/h8-9,12-13,32H,5-7,10-11H2,1-4H3/t13-,26+/m0/s1. The molecule has 172 valence electrons. The van der Waals surface area contributed by atoms with E-state index in [1.807, 2.05) is 6.92 Å². The number of aldehydes is 1. The molecule has 5 rings (SSSR count). The van der Waals surface area contributed by atoms with Gasteiger partial charge in [0.2, 0.25) is 0 Å². The molecule has 3 aromatic rings. The number of aryl methyl sites for hydroxylation is 1. The lowest BCUT2D eigenvalue weighted by Gasteiger charge is -2.26. The molecule has 1 aliphatic heterocycles. The van der Waals surface area contributed by atoms with Crippen LogP contribution >= 0.6 is 0 Å². The number of aliphatic hydroxyl groups is 1. The maximum atomic E-state index is 14.7. The Balaban J connectivity index is 1.87. The third-order valence-corrected chi connectivity index (χ3v) is 7.51. The minimum Gasteiger partial charge on any atom is -0.380 e. The molecule has 3 heterocycles. The van der Waals surface area contributed by atoms with Crippen molar-refractivity contribution in [3.8, 4) is 11.4 Å². The number of halogens is 1. The highest BCUT2D eigenvalue weighted by Crippen LogP contribution is 2.45. The van der Waals surface area contributed by atoms with Crippen molar-refractivity contribution >= 4 is 17.2 Å². The molecule has 1 aromatic carbocycles. The molecule has 1 N–H and O–H groups in total. The van der Waals surface area contributed by atoms with Crippen LogP contribution in [0.1, 0.15) is 66.0 Å². The number of hydrogen-bond acceptors (Lipinski definition) is 5. The normalized spacial score (nSPS) is 18.2. The second-order valence-electron chi connectivity index (χ2n) is 9.29. The van der Waals surface area contributed by atoms with E-state index >= 15 is 0 Å². The fraction of sp³-hybridized carbons (Fsp3) is 0.423. The highest BCUT2D eigenvalue weighted by molar-refractivity contribution is 5.93. The van der Waals surface area contributed by atoms with Gasteiger partial charge in [-0.15, -0.1) is 0 Å². The van der Waals surface area contributed by atoms with E-state index in [4.69, 9.17) is 9.72 Å². The van der Waals surface area contributed by atoms with Crippen LogP contribution in [0.15, 0.2) is 16.9 Å². The van der Waals surface area contributed by atoms with Gasteiger partial charge in [-0.25, -0.2) is 9.37 Å². The van der Waals surface area contributed by atoms with Crippen LogP contribution in [0.25, 0.3) is 22.3 Å². The molecule has 2 atom stereocenters. The Morgan fingerprint density at radius 3 is 2.79 bits per heavy atom. The summed E-state index contributed by atoms with van der Waals surface area (Å²) in [5.74, 6) is -0.0367. The first-order valence-electron chi connectivity index (χ1n) is 11.3. The van der Waals surface area contributed by atoms with E-state index < -0.39 is 5.60 Å². The quantitative estimate of drug-likeness (QED) is 0.467. The summed E-state index contributed by atoms with van der Waals surface area (Å²) in [5, 5.41) is 12.0. The van der Waals surface area contributed by atoms with E-state index in [1.165, 1.54) is 13.2 Å². The third-order valence-electron chi connectivity index (χ3n) is 7.51. The van der Waals surface area contributed by atoms with Crippen LogP contribution in [0.4, 0.5) is 4.39 Å². The topological polar surface area (TPSA) is 81.4 Å². The smallest absolute Gasteiger partial charge is 0.257 e. The Hall–Kier alpha value is -2.90. The van der Waals surface area contributed by atoms with Gasteiger partial charge in [0.25, 0.3) is 5.56 Å². The van der Waals surface area contributed by atoms with Gasteiger partial charge in [-0.05, 0) is 54.9 Å². The molecule has 0 fully saturated rings. The first-order chi connectivity index (χ1) is 15.8. The van der Waals surface area contributed by atoms with Crippen LogP contribution in [-0.4, -0.2) is 28.1 Å². The molecule has 7 heteroatoms. The molecule has 0 saturated heterocycles. The summed E-state index contributed by atoms with van der Waals surface area (Å²) in [7, 11) is 1.47. The molecule has 0 saturated carbocycles. The van der Waals surface area contributed by atoms with Gasteiger partial charge >= 0.3 is 0 Å². The lowest BCUT2D eigenvalue weighted by molar-refractivity contribution is -0.125. The van der Waals surface area contributed by atoms with Crippen molar-refractivity contribution in [3.63, 3.8) is 0 Å². The molecule has 33 heavy (non-hydrogen) atoms. The van der Waals surface area contributed by atoms with Gasteiger partial charge in [-0.3, -0.25) is 9.59 Å². The zero-order valence-electron chi connectivity index (χ0n) is 19.3. The number of methoxy groups -OCH3 is 1. The van der Waals surface area contributed by atoms with Crippen molar-refractivity contribution in [2.45, 2.75) is 64.7 Å². The highest BCUT2D eigenvalue weighted by atomic mass is 19.1. The maximum absolute atomic E-state index is 14.7. The van der Waals surface area contributed by atoms with E-state index in [2.05, 4.69) is 6.92 Å². The number of ether oxygens (including phenoxy) is 1. The number of benzene rings is 1. The van der Waals surface area contributed by atoms with Crippen LogP contribution in [0.5, 0.6) is 0 Å². The van der Waals surface area contributed by atoms with E-state index in [9.17, 15) is 19.1 Å². The summed E-state index contributed by atoms with van der Waals surface area (Å²) in [6.07, 6.45) is 2.28. The number of carbonyl (C=O) groups is 1. The van der Waals surface area contributed by atoms with Crippen molar-refractivity contribution in [2.75, 3.05) is 7.11 Å². The van der Waals surface area contributed by atoms with Crippen LogP contribution in [-0.2, 0) is 34.7 Å². The molecular formula is C26H27FN2O4. The predicted molar refractivity (Wildman–Crippen MR) is 123 cm³/mol. The Morgan fingerprint density at radius 1 is 1.36 bits per heavy atom. The van der Waals surface area contributed by atoms with E-state index in [0.29, 0.717) is 35.3 Å². The van der Waals surface area contributed by atoms with Crippen LogP contribution in [0.3, 0.4) is 0 Å². The Bertz CT molecular complexity index is 1390. The molecular weight excluding hydrogens is 423 g/mol. The summed E-state index contributed by atoms with van der Waals surface area (Å²) in [6.45, 7) is 5.99. The second kappa shape index (κ2) is 7.57. The van der Waals surface area contributed by atoms with Gasteiger partial charge in [-0.1, -0.05) is 13.8 Å². The Morgan fingerprint density at radius 2 is 2.12 bits per heavy atom. The van der Waals surface area contributed by atoms with Gasteiger partial charge in [0.15, 0.2) is 6.29 Å². The zero-order valence-corrected chi connectivity index (χ0v) is 19.3. The van der Waals surface area contributed by atoms with Crippen molar-refractivity contribution in [3.05, 3.63) is 61.7 Å². The number of rotatable bonds is 5. The maximum Gasteiger partial charge on any atom is 0.257 e. The first-order valence-corrected chi connectivity index (χ1v) is 11.3. The number of carbonyl (C=O) groups excluding carboxylic acids is 1. The molecule has 1 aliphatic carbocycles. The fourth-order valence-corrected chi connectivity index (χ4v) is 5.58. The molecule has 0 radical (unpaired) electrons. The number of nitrogens with zero attached hydrogens (tertiary/aromatic N) is 2. The Labute approximate surface area is 191 Å². The predicted octanol–water partition coefficient (Wildman–Crippen LogP) is 3.87. The summed E-state index contributed by atoms with van der Waals surface area (Å²) in [6, 6.07) is 3.16. The van der Waals surface area contributed by atoms with Gasteiger partial charge in [0.1, 0.15) is 11.4 Å². The minimum absolute atomic E-state index is 0.0197. The second-order valence-corrected chi connectivity index (χ2v) is 9.29. The number of pyridine rings is 2. The number of hydrogen-bond donors (Lipinski definition) is 1. The Kier molecular flexibility index (Phi) is 5.03. The molecule has 2 aromatic heterocycles. The van der Waals surface area contributed by atoms with Crippen LogP contribution < -0.4 is 5.56 Å². The molecule has 6 nitrogen and oxygen atoms in total. The largest absolute Gasteiger partial charge is 0.380 e. The lowest BCUT2D eigenvalue weighted by Crippen LogP contribution is -2.34. The van der Waals surface area contributed by atoms with Gasteiger partial charge in [0.05, 0.1) is 30.1 Å². The highest BCUT2D eigenvalue weighted by Gasteiger charge is 2.37. The third kappa shape index (κ3) is 2.95. The summed E-state index contributed by atoms with van der Waals surface area (Å²) in [5.41, 5.74) is 3.88. The van der Waals surface area contributed by atoms with Crippen LogP contribution in [0, 0.1) is 12.7 Å². The first kappa shape index (κ1) is 21.9. The minimum atomic E-state index is -1.81. The monoisotopic (exact) mass is 450 g/mol. The molecule has 0 bridgehead atoms. The number of fused-ring (bicyclic) bond motifs is 4. The van der Waals surface area contributed by atoms with Gasteiger partial charge in [-0.2, -0.15) is 0 Å². The average molecular weight is 451 g/mol. The SMILES string of the molecule is CC[C@@](O)(C=O)c1cc2n(c(=O)c1COC)Cc1c-2nc2cc(F)c(C)c3c2c1[C@@H](C)CC3. The van der Waals surface area contributed by atoms with Crippen LogP contribution in [0.2, 0.25) is 0 Å². The van der Waals surface area contributed by atoms with Crippen molar-refractivity contribution in [1.82, 2.24) is 9.55 Å². The summed E-state index contributed by atoms with van der Waals surface area (Å²) < 4.78 is 21.6. The van der Waals surface area contributed by atoms with E-state index in [0.717, 1.165) is 34.9 Å². The molecule has 0 amide bonds. The van der Waals surface area contributed by atoms with Crippen molar-refractivity contribution in [1.29, 1.82) is 0 Å². The molecule has 2 aliphatic rings. The average Bonchev–Trinajstić information content (AvgIpc) is 3.18. The zero-order chi connectivity index (χ0) is 23.7. The molecule has 0 spiro atoms. The van der Waals surface area contributed by atoms with Gasteiger partial charge < -0.3 is 14.4 Å². The fourth-order valence-electron chi connectivity index (χ4n) is 5.58.